The Kier molecular flexibility index (Phi) is 8.02. The van der Waals surface area contributed by atoms with E-state index < -0.39 is 27.4 Å². The molecule has 3 rings (SSSR count). The Balaban J connectivity index is 1.46. The molecule has 32 heavy (non-hydrogen) atoms. The van der Waals surface area contributed by atoms with E-state index in [-0.39, 0.29) is 5.76 Å². The van der Waals surface area contributed by atoms with Gasteiger partial charge < -0.3 is 25.8 Å². The second kappa shape index (κ2) is 10.9. The number of amides is 2. The van der Waals surface area contributed by atoms with Gasteiger partial charge in [-0.25, -0.2) is 0 Å². The second-order valence-electron chi connectivity index (χ2n) is 7.28. The van der Waals surface area contributed by atoms with Gasteiger partial charge in [-0.2, -0.15) is 0 Å². The molecule has 1 aliphatic heterocycles. The van der Waals surface area contributed by atoms with Crippen molar-refractivity contribution in [3.63, 3.8) is 0 Å². The lowest BCUT2D eigenvalue weighted by Gasteiger charge is -2.33. The first-order chi connectivity index (χ1) is 15.4. The van der Waals surface area contributed by atoms with Gasteiger partial charge in [-0.1, -0.05) is 24.8 Å². The number of nitrogens with one attached hydrogen (secondary N) is 2. The van der Waals surface area contributed by atoms with Crippen molar-refractivity contribution in [2.24, 2.45) is 5.73 Å². The number of rotatable bonds is 10. The highest BCUT2D eigenvalue weighted by Gasteiger charge is 2.45. The van der Waals surface area contributed by atoms with Crippen molar-refractivity contribution >= 4 is 28.3 Å². The lowest BCUT2D eigenvalue weighted by molar-refractivity contribution is -0.122. The molecule has 1 unspecified atom stereocenters. The van der Waals surface area contributed by atoms with Crippen molar-refractivity contribution < 1.29 is 23.3 Å². The number of para-hydroxylation sites is 1. The smallest absolute Gasteiger partial charge is 0.286 e. The fourth-order valence-electron chi connectivity index (χ4n) is 3.30. The topological polar surface area (TPSA) is 120 Å². The lowest BCUT2D eigenvalue weighted by Crippen LogP contribution is -2.51. The molecule has 2 aromatic rings. The summed E-state index contributed by atoms with van der Waals surface area (Å²) in [6, 6.07) is 15.9. The van der Waals surface area contributed by atoms with Crippen LogP contribution in [0.3, 0.4) is 0 Å². The Labute approximate surface area is 189 Å². The highest BCUT2D eigenvalue weighted by Crippen LogP contribution is 2.32. The van der Waals surface area contributed by atoms with Crippen LogP contribution in [0, 0.1) is 0 Å². The summed E-state index contributed by atoms with van der Waals surface area (Å²) < 4.78 is 22.7. The van der Waals surface area contributed by atoms with E-state index in [9.17, 15) is 13.8 Å². The number of hydrogen-bond acceptors (Lipinski definition) is 6. The molecule has 2 aromatic carbocycles. The predicted molar refractivity (Wildman–Crippen MR) is 123 cm³/mol. The summed E-state index contributed by atoms with van der Waals surface area (Å²) >= 11 is 0. The zero-order valence-corrected chi connectivity index (χ0v) is 18.5. The number of nitrogens with two attached hydrogens (primary N) is 1. The first kappa shape index (κ1) is 23.5. The van der Waals surface area contributed by atoms with Gasteiger partial charge in [0.1, 0.15) is 10.5 Å². The zero-order valence-electron chi connectivity index (χ0n) is 17.7. The largest absolute Gasteiger partial charge is 0.452 e. The Morgan fingerprint density at radius 3 is 2.34 bits per heavy atom. The normalized spacial score (nSPS) is 15.9. The molecule has 0 aliphatic carbocycles. The Morgan fingerprint density at radius 2 is 1.72 bits per heavy atom. The van der Waals surface area contributed by atoms with Gasteiger partial charge in [-0.15, -0.1) is 0 Å². The molecule has 8 nitrogen and oxygen atoms in total. The van der Waals surface area contributed by atoms with Crippen LogP contribution in [0.5, 0.6) is 5.75 Å². The van der Waals surface area contributed by atoms with Gasteiger partial charge in [-0.05, 0) is 49.2 Å². The van der Waals surface area contributed by atoms with Crippen molar-refractivity contribution in [3.8, 4) is 5.75 Å². The summed E-state index contributed by atoms with van der Waals surface area (Å²) in [7, 11) is -1.57. The van der Waals surface area contributed by atoms with Crippen molar-refractivity contribution in [2.75, 3.05) is 31.6 Å². The molecule has 1 fully saturated rings. The zero-order chi connectivity index (χ0) is 23.0. The fraction of sp³-hybridized carbons (Fsp3) is 0.304. The minimum Gasteiger partial charge on any atom is -0.452 e. The standard InChI is InChI=1S/C23H27N3O5S/c1-17(31-19-5-3-2-4-6-19)21(27)26-14-13-25-18-7-9-20(10-8-18)32(29)23(22(24)28)11-15-30-16-12-23/h2-10,25H,1,11-16H2,(H2,24,28)(H,26,27). The first-order valence-electron chi connectivity index (χ1n) is 10.3. The molecular formula is C23H27N3O5S. The van der Waals surface area contributed by atoms with E-state index in [2.05, 4.69) is 17.2 Å². The maximum atomic E-state index is 13.1. The van der Waals surface area contributed by atoms with E-state index in [1.165, 1.54) is 0 Å². The number of ether oxygens (including phenoxy) is 2. The minimum absolute atomic E-state index is 0.0134. The Morgan fingerprint density at radius 1 is 1.06 bits per heavy atom. The van der Waals surface area contributed by atoms with E-state index in [1.54, 1.807) is 36.4 Å². The monoisotopic (exact) mass is 457 g/mol. The molecule has 0 saturated carbocycles. The van der Waals surface area contributed by atoms with Crippen LogP contribution in [-0.4, -0.2) is 47.1 Å². The Hall–Kier alpha value is -3.17. The van der Waals surface area contributed by atoms with Crippen molar-refractivity contribution in [2.45, 2.75) is 22.5 Å². The summed E-state index contributed by atoms with van der Waals surface area (Å²) in [6.07, 6.45) is 0.682. The number of anilines is 1. The molecular weight excluding hydrogens is 430 g/mol. The Bertz CT molecular complexity index is 973. The summed E-state index contributed by atoms with van der Waals surface area (Å²) in [5, 5.41) is 5.90. The summed E-state index contributed by atoms with van der Waals surface area (Å²) in [6.45, 7) is 5.20. The summed E-state index contributed by atoms with van der Waals surface area (Å²) in [4.78, 5) is 24.7. The molecule has 170 valence electrons. The number of hydrogen-bond donors (Lipinski definition) is 3. The second-order valence-corrected chi connectivity index (χ2v) is 9.08. The van der Waals surface area contributed by atoms with E-state index in [1.807, 2.05) is 18.2 Å². The van der Waals surface area contributed by atoms with Crippen LogP contribution in [0.15, 0.2) is 71.8 Å². The van der Waals surface area contributed by atoms with Crippen LogP contribution >= 0.6 is 0 Å². The number of benzene rings is 2. The van der Waals surface area contributed by atoms with Gasteiger partial charge in [0.05, 0.1) is 10.8 Å². The molecule has 0 radical (unpaired) electrons. The van der Waals surface area contributed by atoms with Crippen LogP contribution in [0.25, 0.3) is 0 Å². The third kappa shape index (κ3) is 5.74. The van der Waals surface area contributed by atoms with Gasteiger partial charge in [0.15, 0.2) is 5.76 Å². The van der Waals surface area contributed by atoms with E-state index in [4.69, 9.17) is 15.2 Å². The van der Waals surface area contributed by atoms with Gasteiger partial charge >= 0.3 is 0 Å². The molecule has 1 saturated heterocycles. The quantitative estimate of drug-likeness (QED) is 0.285. The highest BCUT2D eigenvalue weighted by molar-refractivity contribution is 7.87. The lowest BCUT2D eigenvalue weighted by atomic mass is 9.98. The molecule has 0 aromatic heterocycles. The minimum atomic E-state index is -1.57. The van der Waals surface area contributed by atoms with Crippen molar-refractivity contribution in [1.29, 1.82) is 0 Å². The van der Waals surface area contributed by atoms with E-state index in [0.717, 1.165) is 5.69 Å². The highest BCUT2D eigenvalue weighted by atomic mass is 32.2. The summed E-state index contributed by atoms with van der Waals surface area (Å²) in [5.74, 6) is -0.397. The fourth-order valence-corrected chi connectivity index (χ4v) is 4.86. The average Bonchev–Trinajstić information content (AvgIpc) is 2.82. The molecule has 1 aliphatic rings. The van der Waals surface area contributed by atoms with Crippen LogP contribution < -0.4 is 21.1 Å². The first-order valence-corrected chi connectivity index (χ1v) is 11.4. The number of primary amides is 1. The van der Waals surface area contributed by atoms with Gasteiger partial charge in [0.25, 0.3) is 5.91 Å². The SMILES string of the molecule is C=C(Oc1ccccc1)C(=O)NCCNc1ccc(S(=O)C2(C(N)=O)CCOCC2)cc1. The number of carbonyl (C=O) groups is 2. The van der Waals surface area contributed by atoms with Crippen LogP contribution in [-0.2, 0) is 25.1 Å². The van der Waals surface area contributed by atoms with Crippen molar-refractivity contribution in [1.82, 2.24) is 5.32 Å². The van der Waals surface area contributed by atoms with Gasteiger partial charge in [-0.3, -0.25) is 13.8 Å². The van der Waals surface area contributed by atoms with Crippen LogP contribution in [0.1, 0.15) is 12.8 Å². The molecule has 9 heteroatoms. The van der Waals surface area contributed by atoms with E-state index >= 15 is 0 Å². The molecule has 0 spiro atoms. The number of carbonyl (C=O) groups excluding carboxylic acids is 2. The predicted octanol–water partition coefficient (Wildman–Crippen LogP) is 1.95. The van der Waals surface area contributed by atoms with Crippen LogP contribution in [0.2, 0.25) is 0 Å². The maximum Gasteiger partial charge on any atom is 0.286 e. The van der Waals surface area contributed by atoms with Crippen molar-refractivity contribution in [3.05, 3.63) is 66.9 Å². The average molecular weight is 458 g/mol. The molecule has 0 bridgehead atoms. The maximum absolute atomic E-state index is 13.1. The third-order valence-corrected chi connectivity index (χ3v) is 7.17. The van der Waals surface area contributed by atoms with Gasteiger partial charge in [0.2, 0.25) is 5.91 Å². The van der Waals surface area contributed by atoms with Gasteiger partial charge in [0, 0.05) is 36.9 Å². The summed E-state index contributed by atoms with van der Waals surface area (Å²) in [5.41, 5.74) is 6.38. The molecule has 1 heterocycles. The molecule has 2 amide bonds. The molecule has 4 N–H and O–H groups in total. The van der Waals surface area contributed by atoms with Crippen LogP contribution in [0.4, 0.5) is 5.69 Å². The van der Waals surface area contributed by atoms with E-state index in [0.29, 0.717) is 49.8 Å². The third-order valence-electron chi connectivity index (χ3n) is 5.15. The molecule has 1 atom stereocenters.